The summed E-state index contributed by atoms with van der Waals surface area (Å²) in [4.78, 5) is 2.45. The molecule has 8 aromatic rings. The van der Waals surface area contributed by atoms with Gasteiger partial charge in [-0.25, -0.2) is 0 Å². The predicted octanol–water partition coefficient (Wildman–Crippen LogP) is 13.1. The molecular formula is C47H35N. The number of benzene rings is 8. The fourth-order valence-electron chi connectivity index (χ4n) is 7.97. The Morgan fingerprint density at radius 3 is 1.83 bits per heavy atom. The van der Waals surface area contributed by atoms with Gasteiger partial charge in [0, 0.05) is 22.4 Å². The number of rotatable bonds is 5. The van der Waals surface area contributed by atoms with Crippen LogP contribution in [0.3, 0.4) is 0 Å². The maximum Gasteiger partial charge on any atom is 0.0546 e. The van der Waals surface area contributed by atoms with Crippen LogP contribution < -0.4 is 4.90 Å². The Bertz CT molecular complexity index is 2470. The van der Waals surface area contributed by atoms with Gasteiger partial charge in [-0.05, 0) is 96.9 Å². The molecule has 9 rings (SSSR count). The smallest absolute Gasteiger partial charge is 0.0546 e. The number of hydrogen-bond donors (Lipinski definition) is 0. The summed E-state index contributed by atoms with van der Waals surface area (Å²) >= 11 is 0. The minimum atomic E-state index is -0.0988. The average molecular weight is 614 g/mol. The zero-order valence-corrected chi connectivity index (χ0v) is 27.2. The van der Waals surface area contributed by atoms with Crippen LogP contribution in [0.2, 0.25) is 0 Å². The van der Waals surface area contributed by atoms with E-state index in [1.807, 2.05) is 0 Å². The van der Waals surface area contributed by atoms with Crippen LogP contribution in [0.15, 0.2) is 176 Å². The van der Waals surface area contributed by atoms with Crippen LogP contribution >= 0.6 is 0 Å². The first-order chi connectivity index (χ1) is 23.6. The van der Waals surface area contributed by atoms with Crippen LogP contribution in [0.5, 0.6) is 0 Å². The fraction of sp³-hybridized carbons (Fsp3) is 0.0638. The van der Waals surface area contributed by atoms with Crippen LogP contribution in [0, 0.1) is 0 Å². The van der Waals surface area contributed by atoms with Crippen LogP contribution in [-0.2, 0) is 5.41 Å². The van der Waals surface area contributed by atoms with Crippen molar-refractivity contribution in [2.45, 2.75) is 19.3 Å². The second-order valence-corrected chi connectivity index (χ2v) is 13.3. The number of nitrogens with zero attached hydrogens (tertiary/aromatic N) is 1. The predicted molar refractivity (Wildman–Crippen MR) is 205 cm³/mol. The molecule has 1 aliphatic rings. The minimum absolute atomic E-state index is 0.0988. The first kappa shape index (κ1) is 28.3. The summed E-state index contributed by atoms with van der Waals surface area (Å²) in [6, 6.07) is 64.4. The third-order valence-corrected chi connectivity index (χ3v) is 10.2. The quantitative estimate of drug-likeness (QED) is 0.175. The number of hydrogen-bond acceptors (Lipinski definition) is 1. The molecule has 1 heteroatoms. The molecule has 0 aliphatic heterocycles. The molecule has 0 saturated heterocycles. The monoisotopic (exact) mass is 613 g/mol. The lowest BCUT2D eigenvalue weighted by Gasteiger charge is -2.31. The summed E-state index contributed by atoms with van der Waals surface area (Å²) in [5.74, 6) is 0. The van der Waals surface area contributed by atoms with Crippen molar-refractivity contribution in [1.29, 1.82) is 0 Å². The summed E-state index contributed by atoms with van der Waals surface area (Å²) in [6.45, 7) is 4.71. The van der Waals surface area contributed by atoms with Crippen molar-refractivity contribution >= 4 is 38.6 Å². The molecule has 1 aliphatic carbocycles. The highest BCUT2D eigenvalue weighted by molar-refractivity contribution is 6.15. The Kier molecular flexibility index (Phi) is 6.55. The third kappa shape index (κ3) is 4.39. The normalized spacial score (nSPS) is 13.0. The van der Waals surface area contributed by atoms with E-state index in [9.17, 15) is 0 Å². The molecule has 0 radical (unpaired) electrons. The number of para-hydroxylation sites is 1. The van der Waals surface area contributed by atoms with Crippen molar-refractivity contribution in [3.05, 3.63) is 187 Å². The Labute approximate surface area is 282 Å². The van der Waals surface area contributed by atoms with E-state index in [0.29, 0.717) is 0 Å². The van der Waals surface area contributed by atoms with Crippen LogP contribution in [0.4, 0.5) is 17.1 Å². The van der Waals surface area contributed by atoms with Gasteiger partial charge in [0.2, 0.25) is 0 Å². The van der Waals surface area contributed by atoms with E-state index in [1.54, 1.807) is 0 Å². The third-order valence-electron chi connectivity index (χ3n) is 10.2. The van der Waals surface area contributed by atoms with Crippen molar-refractivity contribution in [1.82, 2.24) is 0 Å². The standard InChI is InChI=1S/C47H35N/c1-47(2)43-26-14-13-24-39(43)40-29-28-35(31-44(40)47)48(34-19-7-4-8-20-34)45-27-15-25-41(46(45)32-16-5-3-6-17-32)42-30-33-18-9-10-21-36(33)37-22-11-12-23-38(37)42/h3-31H,1-2H3. The number of anilines is 3. The van der Waals surface area contributed by atoms with Crippen molar-refractivity contribution in [3.63, 3.8) is 0 Å². The summed E-state index contributed by atoms with van der Waals surface area (Å²) in [5.41, 5.74) is 13.6. The van der Waals surface area contributed by atoms with E-state index in [2.05, 4.69) is 195 Å². The van der Waals surface area contributed by atoms with Crippen LogP contribution in [0.1, 0.15) is 25.0 Å². The van der Waals surface area contributed by atoms with Gasteiger partial charge in [-0.15, -0.1) is 0 Å². The zero-order chi connectivity index (χ0) is 32.2. The maximum absolute atomic E-state index is 2.45. The molecule has 0 bridgehead atoms. The van der Waals surface area contributed by atoms with Crippen LogP contribution in [-0.4, -0.2) is 0 Å². The van der Waals surface area contributed by atoms with Gasteiger partial charge in [0.25, 0.3) is 0 Å². The summed E-state index contributed by atoms with van der Waals surface area (Å²) in [6.07, 6.45) is 0. The van der Waals surface area contributed by atoms with E-state index in [1.165, 1.54) is 66.1 Å². The second-order valence-electron chi connectivity index (χ2n) is 13.3. The highest BCUT2D eigenvalue weighted by Gasteiger charge is 2.36. The van der Waals surface area contributed by atoms with E-state index < -0.39 is 0 Å². The molecule has 48 heavy (non-hydrogen) atoms. The Hall–Kier alpha value is -5.92. The average Bonchev–Trinajstić information content (AvgIpc) is 3.38. The molecule has 0 spiro atoms. The van der Waals surface area contributed by atoms with Crippen molar-refractivity contribution in [2.24, 2.45) is 0 Å². The summed E-state index contributed by atoms with van der Waals surface area (Å²) in [7, 11) is 0. The summed E-state index contributed by atoms with van der Waals surface area (Å²) in [5, 5.41) is 5.06. The maximum atomic E-state index is 2.45. The van der Waals surface area contributed by atoms with Crippen molar-refractivity contribution < 1.29 is 0 Å². The highest BCUT2D eigenvalue weighted by Crippen LogP contribution is 2.52. The van der Waals surface area contributed by atoms with Gasteiger partial charge in [-0.1, -0.05) is 153 Å². The SMILES string of the molecule is CC1(C)c2ccccc2-c2ccc(N(c3ccccc3)c3cccc(-c4cc5ccccc5c5ccccc45)c3-c3ccccc3)cc21. The Morgan fingerprint density at radius 2 is 1.02 bits per heavy atom. The molecule has 0 saturated carbocycles. The molecule has 0 amide bonds. The molecule has 0 unspecified atom stereocenters. The van der Waals surface area contributed by atoms with Crippen molar-refractivity contribution in [2.75, 3.05) is 4.90 Å². The molecule has 8 aromatic carbocycles. The van der Waals surface area contributed by atoms with Gasteiger partial charge in [-0.2, -0.15) is 0 Å². The fourth-order valence-corrected chi connectivity index (χ4v) is 7.97. The second kappa shape index (κ2) is 11.1. The molecule has 0 aromatic heterocycles. The minimum Gasteiger partial charge on any atom is -0.310 e. The topological polar surface area (TPSA) is 3.24 Å². The molecule has 228 valence electrons. The van der Waals surface area contributed by atoms with Crippen molar-refractivity contribution in [3.8, 4) is 33.4 Å². The lowest BCUT2D eigenvalue weighted by Crippen LogP contribution is -2.17. The molecular weight excluding hydrogens is 579 g/mol. The highest BCUT2D eigenvalue weighted by atomic mass is 15.1. The molecule has 0 N–H and O–H groups in total. The first-order valence-corrected chi connectivity index (χ1v) is 16.8. The number of fused-ring (bicyclic) bond motifs is 6. The first-order valence-electron chi connectivity index (χ1n) is 16.8. The Morgan fingerprint density at radius 1 is 0.396 bits per heavy atom. The molecule has 1 nitrogen and oxygen atoms in total. The van der Waals surface area contributed by atoms with Gasteiger partial charge >= 0.3 is 0 Å². The van der Waals surface area contributed by atoms with Gasteiger partial charge in [0.1, 0.15) is 0 Å². The zero-order valence-electron chi connectivity index (χ0n) is 27.2. The molecule has 0 fully saturated rings. The van der Waals surface area contributed by atoms with Gasteiger partial charge in [0.15, 0.2) is 0 Å². The lowest BCUT2D eigenvalue weighted by molar-refractivity contribution is 0.660. The van der Waals surface area contributed by atoms with E-state index in [0.717, 1.165) is 17.1 Å². The largest absolute Gasteiger partial charge is 0.310 e. The van der Waals surface area contributed by atoms with Gasteiger partial charge < -0.3 is 4.90 Å². The lowest BCUT2D eigenvalue weighted by atomic mass is 9.82. The van der Waals surface area contributed by atoms with Gasteiger partial charge in [0.05, 0.1) is 5.69 Å². The summed E-state index contributed by atoms with van der Waals surface area (Å²) < 4.78 is 0. The van der Waals surface area contributed by atoms with E-state index >= 15 is 0 Å². The Balaban J connectivity index is 1.34. The molecule has 0 atom stereocenters. The van der Waals surface area contributed by atoms with E-state index in [4.69, 9.17) is 0 Å². The van der Waals surface area contributed by atoms with E-state index in [-0.39, 0.29) is 5.41 Å². The van der Waals surface area contributed by atoms with Gasteiger partial charge in [-0.3, -0.25) is 0 Å². The van der Waals surface area contributed by atoms with Crippen LogP contribution in [0.25, 0.3) is 54.9 Å². The molecule has 0 heterocycles.